The molecule has 23 heavy (non-hydrogen) atoms. The van der Waals surface area contributed by atoms with Gasteiger partial charge in [-0.3, -0.25) is 5.10 Å². The lowest BCUT2D eigenvalue weighted by molar-refractivity contribution is 0.0594. The van der Waals surface area contributed by atoms with Gasteiger partial charge in [0.05, 0.1) is 12.8 Å². The quantitative estimate of drug-likeness (QED) is 0.733. The highest BCUT2D eigenvalue weighted by Crippen LogP contribution is 2.29. The summed E-state index contributed by atoms with van der Waals surface area (Å²) in [4.78, 5) is 11.5. The third kappa shape index (κ3) is 3.40. The second-order valence-electron chi connectivity index (χ2n) is 4.93. The average Bonchev–Trinajstić information content (AvgIpc) is 3.10. The van der Waals surface area contributed by atoms with E-state index in [0.717, 1.165) is 11.1 Å². The first-order valence-electron chi connectivity index (χ1n) is 7.18. The van der Waals surface area contributed by atoms with Gasteiger partial charge in [0.1, 0.15) is 18.1 Å². The molecule has 2 aromatic carbocycles. The minimum absolute atomic E-state index is 0.306. The molecule has 0 bridgehead atoms. The minimum Gasteiger partial charge on any atom is -0.488 e. The number of hydrogen-bond donors (Lipinski definition) is 1. The summed E-state index contributed by atoms with van der Waals surface area (Å²) in [6, 6.07) is 19.2. The summed E-state index contributed by atoms with van der Waals surface area (Å²) < 4.78 is 10.6. The molecule has 0 aliphatic rings. The number of hydrogen-bond acceptors (Lipinski definition) is 4. The van der Waals surface area contributed by atoms with Gasteiger partial charge in [0.15, 0.2) is 0 Å². The van der Waals surface area contributed by atoms with Crippen molar-refractivity contribution in [1.29, 1.82) is 0 Å². The summed E-state index contributed by atoms with van der Waals surface area (Å²) in [7, 11) is 1.33. The molecule has 0 radical (unpaired) electrons. The molecule has 5 nitrogen and oxygen atoms in total. The number of nitrogens with zero attached hydrogens (tertiary/aromatic N) is 1. The van der Waals surface area contributed by atoms with Crippen LogP contribution in [0.25, 0.3) is 11.3 Å². The van der Waals surface area contributed by atoms with Crippen LogP contribution in [0.1, 0.15) is 16.1 Å². The number of aromatic nitrogens is 2. The van der Waals surface area contributed by atoms with Crippen LogP contribution in [0.15, 0.2) is 60.7 Å². The van der Waals surface area contributed by atoms with Gasteiger partial charge in [0.25, 0.3) is 0 Å². The molecule has 0 fully saturated rings. The summed E-state index contributed by atoms with van der Waals surface area (Å²) in [5, 5.41) is 6.84. The van der Waals surface area contributed by atoms with E-state index in [9.17, 15) is 4.79 Å². The zero-order valence-corrected chi connectivity index (χ0v) is 12.7. The molecule has 0 spiro atoms. The number of aromatic amines is 1. The lowest BCUT2D eigenvalue weighted by Crippen LogP contribution is -2.00. The second kappa shape index (κ2) is 6.79. The summed E-state index contributed by atoms with van der Waals surface area (Å²) in [5.74, 6) is 0.255. The Labute approximate surface area is 133 Å². The normalized spacial score (nSPS) is 10.3. The van der Waals surface area contributed by atoms with E-state index in [1.807, 2.05) is 54.6 Å². The van der Waals surface area contributed by atoms with Crippen molar-refractivity contribution >= 4 is 5.97 Å². The molecular formula is C18H16N2O3. The van der Waals surface area contributed by atoms with Gasteiger partial charge in [-0.25, -0.2) is 4.79 Å². The molecule has 0 amide bonds. The smallest absolute Gasteiger partial charge is 0.356 e. The van der Waals surface area contributed by atoms with E-state index in [2.05, 4.69) is 14.9 Å². The van der Waals surface area contributed by atoms with Gasteiger partial charge in [0.2, 0.25) is 0 Å². The Kier molecular flexibility index (Phi) is 4.38. The zero-order chi connectivity index (χ0) is 16.1. The predicted octanol–water partition coefficient (Wildman–Crippen LogP) is 3.44. The van der Waals surface area contributed by atoms with E-state index in [-0.39, 0.29) is 0 Å². The van der Waals surface area contributed by atoms with Crippen molar-refractivity contribution in [3.63, 3.8) is 0 Å². The number of benzene rings is 2. The van der Waals surface area contributed by atoms with Crippen molar-refractivity contribution < 1.29 is 14.3 Å². The van der Waals surface area contributed by atoms with E-state index in [1.165, 1.54) is 7.11 Å². The second-order valence-corrected chi connectivity index (χ2v) is 4.93. The number of H-pyrrole nitrogens is 1. The highest BCUT2D eigenvalue weighted by atomic mass is 16.5. The number of carbonyl (C=O) groups is 1. The maximum absolute atomic E-state index is 11.5. The number of nitrogens with one attached hydrogen (secondary N) is 1. The fraction of sp³-hybridized carbons (Fsp3) is 0.111. The molecule has 1 N–H and O–H groups in total. The maximum Gasteiger partial charge on any atom is 0.356 e. The highest BCUT2D eigenvalue weighted by molar-refractivity contribution is 5.88. The fourth-order valence-electron chi connectivity index (χ4n) is 2.21. The first-order chi connectivity index (χ1) is 11.3. The van der Waals surface area contributed by atoms with Gasteiger partial charge in [-0.2, -0.15) is 5.10 Å². The molecule has 5 heteroatoms. The summed E-state index contributed by atoms with van der Waals surface area (Å²) in [6.07, 6.45) is 0. The van der Waals surface area contributed by atoms with Crippen LogP contribution in [-0.2, 0) is 11.3 Å². The van der Waals surface area contributed by atoms with Crippen LogP contribution in [0.3, 0.4) is 0 Å². The van der Waals surface area contributed by atoms with Gasteiger partial charge < -0.3 is 9.47 Å². The third-order valence-corrected chi connectivity index (χ3v) is 3.38. The molecule has 1 aromatic heterocycles. The van der Waals surface area contributed by atoms with Crippen LogP contribution in [0.4, 0.5) is 0 Å². The summed E-state index contributed by atoms with van der Waals surface area (Å²) in [6.45, 7) is 0.464. The standard InChI is InChI=1S/C18H16N2O3/c1-22-18(21)16-11-15(19-20-16)14-9-5-6-10-17(14)23-12-13-7-3-2-4-8-13/h2-11H,12H2,1H3,(H,19,20). The fourth-order valence-corrected chi connectivity index (χ4v) is 2.21. The molecule has 116 valence electrons. The predicted molar refractivity (Wildman–Crippen MR) is 86.1 cm³/mol. The number of esters is 1. The molecule has 0 saturated carbocycles. The van der Waals surface area contributed by atoms with Crippen molar-refractivity contribution in [3.8, 4) is 17.0 Å². The Bertz CT molecular complexity index is 797. The number of ether oxygens (including phenoxy) is 2. The Hall–Kier alpha value is -3.08. The van der Waals surface area contributed by atoms with Gasteiger partial charge in [-0.15, -0.1) is 0 Å². The largest absolute Gasteiger partial charge is 0.488 e. The Balaban J connectivity index is 1.83. The van der Waals surface area contributed by atoms with E-state index in [4.69, 9.17) is 4.74 Å². The highest BCUT2D eigenvalue weighted by Gasteiger charge is 2.14. The molecule has 0 saturated heterocycles. The Morgan fingerprint density at radius 1 is 1.09 bits per heavy atom. The Morgan fingerprint density at radius 2 is 1.83 bits per heavy atom. The van der Waals surface area contributed by atoms with Crippen molar-refractivity contribution in [1.82, 2.24) is 10.2 Å². The zero-order valence-electron chi connectivity index (χ0n) is 12.7. The minimum atomic E-state index is -0.452. The SMILES string of the molecule is COC(=O)c1cc(-c2ccccc2OCc2ccccc2)n[nH]1. The topological polar surface area (TPSA) is 64.2 Å². The number of carbonyl (C=O) groups excluding carboxylic acids is 1. The maximum atomic E-state index is 11.5. The Morgan fingerprint density at radius 3 is 2.61 bits per heavy atom. The number of para-hydroxylation sites is 1. The van der Waals surface area contributed by atoms with Crippen LogP contribution in [0.5, 0.6) is 5.75 Å². The van der Waals surface area contributed by atoms with Gasteiger partial charge >= 0.3 is 5.97 Å². The van der Waals surface area contributed by atoms with Gasteiger partial charge in [0, 0.05) is 5.56 Å². The van der Waals surface area contributed by atoms with E-state index in [0.29, 0.717) is 23.7 Å². The molecule has 3 rings (SSSR count). The molecule has 1 heterocycles. The van der Waals surface area contributed by atoms with Crippen molar-refractivity contribution in [2.45, 2.75) is 6.61 Å². The van der Waals surface area contributed by atoms with E-state index >= 15 is 0 Å². The van der Waals surface area contributed by atoms with Crippen LogP contribution in [0.2, 0.25) is 0 Å². The van der Waals surface area contributed by atoms with Crippen LogP contribution >= 0.6 is 0 Å². The third-order valence-electron chi connectivity index (χ3n) is 3.38. The molecule has 3 aromatic rings. The molecular weight excluding hydrogens is 292 g/mol. The number of rotatable bonds is 5. The first kappa shape index (κ1) is 14.8. The average molecular weight is 308 g/mol. The van der Waals surface area contributed by atoms with E-state index in [1.54, 1.807) is 6.07 Å². The lowest BCUT2D eigenvalue weighted by atomic mass is 10.1. The lowest BCUT2D eigenvalue weighted by Gasteiger charge is -2.10. The van der Waals surface area contributed by atoms with Crippen LogP contribution in [-0.4, -0.2) is 23.3 Å². The summed E-state index contributed by atoms with van der Waals surface area (Å²) in [5.41, 5.74) is 2.84. The van der Waals surface area contributed by atoms with Gasteiger partial charge in [-0.1, -0.05) is 42.5 Å². The van der Waals surface area contributed by atoms with Crippen molar-refractivity contribution in [2.75, 3.05) is 7.11 Å². The van der Waals surface area contributed by atoms with E-state index < -0.39 is 5.97 Å². The van der Waals surface area contributed by atoms with Crippen molar-refractivity contribution in [3.05, 3.63) is 71.9 Å². The van der Waals surface area contributed by atoms with Crippen molar-refractivity contribution in [2.24, 2.45) is 0 Å². The molecule has 0 aliphatic carbocycles. The monoisotopic (exact) mass is 308 g/mol. The van der Waals surface area contributed by atoms with Crippen LogP contribution in [0, 0.1) is 0 Å². The molecule has 0 aliphatic heterocycles. The first-order valence-corrected chi connectivity index (χ1v) is 7.18. The van der Waals surface area contributed by atoms with Crippen LogP contribution < -0.4 is 4.74 Å². The molecule has 0 unspecified atom stereocenters. The summed E-state index contributed by atoms with van der Waals surface area (Å²) >= 11 is 0. The van der Waals surface area contributed by atoms with Gasteiger partial charge in [-0.05, 0) is 23.8 Å². The number of methoxy groups -OCH3 is 1. The molecule has 0 atom stereocenters.